The Morgan fingerprint density at radius 3 is 2.70 bits per heavy atom. The Labute approximate surface area is 135 Å². The van der Waals surface area contributed by atoms with Gasteiger partial charge in [-0.2, -0.15) is 0 Å². The van der Waals surface area contributed by atoms with E-state index in [0.29, 0.717) is 31.3 Å². The number of carbonyl (C=O) groups is 1. The molecule has 124 valence electrons. The van der Waals surface area contributed by atoms with Crippen LogP contribution in [0.2, 0.25) is 0 Å². The van der Waals surface area contributed by atoms with E-state index in [2.05, 4.69) is 0 Å². The molecule has 0 radical (unpaired) electrons. The van der Waals surface area contributed by atoms with Crippen LogP contribution in [0.15, 0.2) is 24.3 Å². The number of benzene rings is 1. The molecule has 0 aliphatic carbocycles. The molecule has 23 heavy (non-hydrogen) atoms. The minimum Gasteiger partial charge on any atom is -0.485 e. The second-order valence-electron chi connectivity index (χ2n) is 6.07. The van der Waals surface area contributed by atoms with Crippen molar-refractivity contribution in [2.75, 3.05) is 26.4 Å². The lowest BCUT2D eigenvalue weighted by molar-refractivity contribution is -0.159. The third-order valence-electron chi connectivity index (χ3n) is 4.58. The third kappa shape index (κ3) is 2.88. The zero-order valence-corrected chi connectivity index (χ0v) is 13.0. The summed E-state index contributed by atoms with van der Waals surface area (Å²) < 4.78 is 22.8. The van der Waals surface area contributed by atoms with Gasteiger partial charge in [-0.1, -0.05) is 12.1 Å². The van der Waals surface area contributed by atoms with Crippen molar-refractivity contribution in [2.24, 2.45) is 0 Å². The van der Waals surface area contributed by atoms with Gasteiger partial charge in [0.1, 0.15) is 6.61 Å². The quantitative estimate of drug-likeness (QED) is 0.828. The van der Waals surface area contributed by atoms with Crippen molar-refractivity contribution in [3.8, 4) is 11.5 Å². The molecule has 3 aliphatic heterocycles. The van der Waals surface area contributed by atoms with Crippen molar-refractivity contribution in [3.05, 3.63) is 24.3 Å². The van der Waals surface area contributed by atoms with Crippen molar-refractivity contribution in [3.63, 3.8) is 0 Å². The summed E-state index contributed by atoms with van der Waals surface area (Å²) in [7, 11) is 0. The minimum absolute atomic E-state index is 0.0282. The van der Waals surface area contributed by atoms with E-state index in [9.17, 15) is 4.79 Å². The highest BCUT2D eigenvalue weighted by Gasteiger charge is 2.40. The number of likely N-dealkylation sites (tertiary alicyclic amines) is 1. The fraction of sp³-hybridized carbons (Fsp3) is 0.588. The Morgan fingerprint density at radius 1 is 1.09 bits per heavy atom. The predicted octanol–water partition coefficient (Wildman–Crippen LogP) is 1.58. The Hall–Kier alpha value is -1.79. The number of nitrogens with zero attached hydrogens (tertiary/aromatic N) is 1. The summed E-state index contributed by atoms with van der Waals surface area (Å²) >= 11 is 0. The molecule has 0 saturated carbocycles. The van der Waals surface area contributed by atoms with E-state index in [1.54, 1.807) is 0 Å². The van der Waals surface area contributed by atoms with Crippen LogP contribution in [-0.2, 0) is 14.3 Å². The average molecular weight is 319 g/mol. The van der Waals surface area contributed by atoms with Crippen LogP contribution in [0.1, 0.15) is 19.3 Å². The fourth-order valence-electron chi connectivity index (χ4n) is 3.44. The highest BCUT2D eigenvalue weighted by Crippen LogP contribution is 2.32. The number of amides is 1. The molecule has 0 aromatic heterocycles. The average Bonchev–Trinajstić information content (AvgIpc) is 3.15. The van der Waals surface area contributed by atoms with E-state index in [4.69, 9.17) is 18.9 Å². The van der Waals surface area contributed by atoms with Gasteiger partial charge >= 0.3 is 0 Å². The van der Waals surface area contributed by atoms with E-state index < -0.39 is 6.10 Å². The van der Waals surface area contributed by atoms with E-state index in [1.165, 1.54) is 0 Å². The van der Waals surface area contributed by atoms with E-state index in [0.717, 1.165) is 19.3 Å². The van der Waals surface area contributed by atoms with Gasteiger partial charge in [-0.3, -0.25) is 4.79 Å². The number of hydrogen-bond acceptors (Lipinski definition) is 5. The first-order valence-electron chi connectivity index (χ1n) is 8.25. The molecule has 3 heterocycles. The van der Waals surface area contributed by atoms with Gasteiger partial charge in [0.05, 0.1) is 19.3 Å². The van der Waals surface area contributed by atoms with Crippen LogP contribution in [0.25, 0.3) is 0 Å². The van der Waals surface area contributed by atoms with Crippen molar-refractivity contribution < 1.29 is 23.7 Å². The van der Waals surface area contributed by atoms with E-state index in [-0.39, 0.29) is 24.8 Å². The Balaban J connectivity index is 1.49. The molecular formula is C17H21NO5. The molecule has 4 rings (SSSR count). The highest BCUT2D eigenvalue weighted by molar-refractivity contribution is 5.82. The molecule has 6 heteroatoms. The van der Waals surface area contributed by atoms with Crippen LogP contribution in [-0.4, -0.2) is 55.6 Å². The Kier molecular flexibility index (Phi) is 4.10. The number of carbonyl (C=O) groups excluding carboxylic acids is 1. The molecule has 0 bridgehead atoms. The number of piperidine rings is 1. The van der Waals surface area contributed by atoms with Gasteiger partial charge in [-0.25, -0.2) is 0 Å². The van der Waals surface area contributed by atoms with Crippen molar-refractivity contribution in [2.45, 2.75) is 37.7 Å². The van der Waals surface area contributed by atoms with Gasteiger partial charge in [-0.15, -0.1) is 0 Å². The smallest absolute Gasteiger partial charge is 0.267 e. The van der Waals surface area contributed by atoms with Crippen LogP contribution in [0, 0.1) is 0 Å². The summed E-state index contributed by atoms with van der Waals surface area (Å²) in [6.45, 7) is 2.15. The molecule has 2 fully saturated rings. The van der Waals surface area contributed by atoms with Crippen LogP contribution in [0.4, 0.5) is 0 Å². The van der Waals surface area contributed by atoms with Crippen LogP contribution in [0.3, 0.4) is 0 Å². The summed E-state index contributed by atoms with van der Waals surface area (Å²) in [4.78, 5) is 14.8. The monoisotopic (exact) mass is 319 g/mol. The van der Waals surface area contributed by atoms with Gasteiger partial charge in [0.25, 0.3) is 5.91 Å². The number of hydrogen-bond donors (Lipinski definition) is 0. The molecule has 6 nitrogen and oxygen atoms in total. The Bertz CT molecular complexity index is 572. The number of ether oxygens (including phenoxy) is 4. The maximum absolute atomic E-state index is 12.9. The topological polar surface area (TPSA) is 57.2 Å². The predicted molar refractivity (Wildman–Crippen MR) is 81.4 cm³/mol. The Morgan fingerprint density at radius 2 is 1.87 bits per heavy atom. The first kappa shape index (κ1) is 14.8. The van der Waals surface area contributed by atoms with Gasteiger partial charge in [0.15, 0.2) is 17.8 Å². The third-order valence-corrected chi connectivity index (χ3v) is 4.58. The molecular weight excluding hydrogens is 298 g/mol. The summed E-state index contributed by atoms with van der Waals surface area (Å²) in [5.74, 6) is 1.27. The molecule has 3 aliphatic rings. The maximum Gasteiger partial charge on any atom is 0.267 e. The molecule has 1 aromatic rings. The normalized spacial score (nSPS) is 27.9. The lowest BCUT2D eigenvalue weighted by Gasteiger charge is -2.40. The lowest BCUT2D eigenvalue weighted by Crippen LogP contribution is -2.55. The van der Waals surface area contributed by atoms with Crippen molar-refractivity contribution >= 4 is 5.91 Å². The fourth-order valence-corrected chi connectivity index (χ4v) is 3.44. The van der Waals surface area contributed by atoms with Crippen molar-refractivity contribution in [1.82, 2.24) is 4.90 Å². The lowest BCUT2D eigenvalue weighted by atomic mass is 10.0. The molecule has 0 N–H and O–H groups in total. The number of fused-ring (bicyclic) bond motifs is 1. The molecule has 0 spiro atoms. The SMILES string of the molecule is O=C(C1COc2ccccc2O1)N1CCCCC1C1OCCO1. The summed E-state index contributed by atoms with van der Waals surface area (Å²) in [6.07, 6.45) is 2.07. The second-order valence-corrected chi connectivity index (χ2v) is 6.07. The van der Waals surface area contributed by atoms with Gasteiger partial charge in [0, 0.05) is 6.54 Å². The second kappa shape index (κ2) is 6.37. The van der Waals surface area contributed by atoms with E-state index >= 15 is 0 Å². The zero-order chi connectivity index (χ0) is 15.6. The van der Waals surface area contributed by atoms with Gasteiger partial charge in [-0.05, 0) is 31.4 Å². The molecule has 1 amide bonds. The van der Waals surface area contributed by atoms with Crippen molar-refractivity contribution in [1.29, 1.82) is 0 Å². The number of para-hydroxylation sites is 2. The van der Waals surface area contributed by atoms with Gasteiger partial charge < -0.3 is 23.8 Å². The first-order chi connectivity index (χ1) is 11.3. The highest BCUT2D eigenvalue weighted by atomic mass is 16.7. The maximum atomic E-state index is 12.9. The largest absolute Gasteiger partial charge is 0.485 e. The summed E-state index contributed by atoms with van der Waals surface area (Å²) in [5.41, 5.74) is 0. The standard InChI is InChI=1S/C17H21NO5/c19-16(15-11-22-13-6-1-2-7-14(13)23-15)18-8-4-3-5-12(18)17-20-9-10-21-17/h1-2,6-7,12,15,17H,3-5,8-11H2. The zero-order valence-electron chi connectivity index (χ0n) is 13.0. The summed E-state index contributed by atoms with van der Waals surface area (Å²) in [6, 6.07) is 7.41. The molecule has 1 aromatic carbocycles. The number of rotatable bonds is 2. The minimum atomic E-state index is -0.605. The van der Waals surface area contributed by atoms with Crippen LogP contribution < -0.4 is 9.47 Å². The van der Waals surface area contributed by atoms with Crippen LogP contribution >= 0.6 is 0 Å². The first-order valence-corrected chi connectivity index (χ1v) is 8.25. The molecule has 2 atom stereocenters. The van der Waals surface area contributed by atoms with E-state index in [1.807, 2.05) is 29.2 Å². The molecule has 2 unspecified atom stereocenters. The summed E-state index contributed by atoms with van der Waals surface area (Å²) in [5, 5.41) is 0. The van der Waals surface area contributed by atoms with Gasteiger partial charge in [0.2, 0.25) is 6.10 Å². The van der Waals surface area contributed by atoms with Crippen LogP contribution in [0.5, 0.6) is 11.5 Å². The molecule has 2 saturated heterocycles.